The Balaban J connectivity index is 0.000000261. The van der Waals surface area contributed by atoms with Crippen LogP contribution in [-0.4, -0.2) is 14.9 Å². The third-order valence-corrected chi connectivity index (χ3v) is 3.28. The van der Waals surface area contributed by atoms with Gasteiger partial charge in [-0.3, -0.25) is 0 Å². The van der Waals surface area contributed by atoms with Gasteiger partial charge in [0.05, 0.1) is 0 Å². The van der Waals surface area contributed by atoms with E-state index in [2.05, 4.69) is 25.4 Å². The average Bonchev–Trinajstić information content (AvgIpc) is 2.31. The Labute approximate surface area is 86.8 Å². The zero-order chi connectivity index (χ0) is 9.94. The summed E-state index contributed by atoms with van der Waals surface area (Å²) in [5.74, 6) is 1.06. The normalized spacial score (nSPS) is 30.1. The SMILES string of the molecule is CCC1C(C)C1(Cl)Cl.O=C(O)Cl. The van der Waals surface area contributed by atoms with Gasteiger partial charge in [0.2, 0.25) is 0 Å². The highest BCUT2D eigenvalue weighted by Gasteiger charge is 2.58. The molecule has 0 radical (unpaired) electrons. The lowest BCUT2D eigenvalue weighted by Crippen LogP contribution is -1.87. The van der Waals surface area contributed by atoms with Crippen molar-refractivity contribution in [3.05, 3.63) is 0 Å². The molecule has 2 atom stereocenters. The number of hydrogen-bond acceptors (Lipinski definition) is 1. The van der Waals surface area contributed by atoms with Crippen LogP contribution in [-0.2, 0) is 0 Å². The van der Waals surface area contributed by atoms with Gasteiger partial charge in [-0.25, -0.2) is 4.79 Å². The van der Waals surface area contributed by atoms with Crippen LogP contribution in [0.4, 0.5) is 4.79 Å². The van der Waals surface area contributed by atoms with Gasteiger partial charge in [-0.15, -0.1) is 23.2 Å². The van der Waals surface area contributed by atoms with E-state index in [-0.39, 0.29) is 4.33 Å². The summed E-state index contributed by atoms with van der Waals surface area (Å²) in [7, 11) is 0. The van der Waals surface area contributed by atoms with Crippen LogP contribution in [0, 0.1) is 11.8 Å². The highest BCUT2D eigenvalue weighted by atomic mass is 35.5. The molecule has 1 aliphatic rings. The molecule has 0 heterocycles. The van der Waals surface area contributed by atoms with Crippen molar-refractivity contribution in [3.8, 4) is 0 Å². The predicted octanol–water partition coefficient (Wildman–Crippen LogP) is 3.74. The fourth-order valence-corrected chi connectivity index (χ4v) is 2.05. The molecular weight excluding hydrogens is 222 g/mol. The minimum atomic E-state index is -1.36. The van der Waals surface area contributed by atoms with E-state index in [1.165, 1.54) is 0 Å². The molecule has 2 nitrogen and oxygen atoms in total. The van der Waals surface area contributed by atoms with Gasteiger partial charge in [0.1, 0.15) is 4.33 Å². The molecular formula is C7H11Cl3O2. The molecule has 2 unspecified atom stereocenters. The molecule has 1 aliphatic carbocycles. The van der Waals surface area contributed by atoms with Gasteiger partial charge in [0, 0.05) is 11.6 Å². The first kappa shape index (κ1) is 12.3. The van der Waals surface area contributed by atoms with Gasteiger partial charge >= 0.3 is 5.43 Å². The van der Waals surface area contributed by atoms with Crippen molar-refractivity contribution in [3.63, 3.8) is 0 Å². The smallest absolute Gasteiger partial charge is 0.401 e. The minimum absolute atomic E-state index is 0.380. The first-order valence-corrected chi connectivity index (χ1v) is 4.73. The average molecular weight is 234 g/mol. The molecule has 0 amide bonds. The second-order valence-corrected chi connectivity index (χ2v) is 4.50. The first-order valence-electron chi connectivity index (χ1n) is 3.60. The third kappa shape index (κ3) is 3.38. The monoisotopic (exact) mass is 232 g/mol. The summed E-state index contributed by atoms with van der Waals surface area (Å²) in [6.07, 6.45) is 1.11. The molecule has 1 saturated carbocycles. The number of rotatable bonds is 1. The van der Waals surface area contributed by atoms with Gasteiger partial charge in [0.25, 0.3) is 0 Å². The summed E-state index contributed by atoms with van der Waals surface area (Å²) in [5.41, 5.74) is -1.36. The molecule has 0 spiro atoms. The Kier molecular flexibility index (Phi) is 4.67. The highest BCUT2D eigenvalue weighted by Crippen LogP contribution is 2.60. The Morgan fingerprint density at radius 2 is 1.83 bits per heavy atom. The van der Waals surface area contributed by atoms with Crippen LogP contribution in [0.3, 0.4) is 0 Å². The molecule has 12 heavy (non-hydrogen) atoms. The number of hydrogen-bond donors (Lipinski definition) is 1. The van der Waals surface area contributed by atoms with Crippen LogP contribution in [0.5, 0.6) is 0 Å². The number of halogens is 3. The maximum absolute atomic E-state index is 8.77. The Morgan fingerprint density at radius 1 is 1.58 bits per heavy atom. The lowest BCUT2D eigenvalue weighted by Gasteiger charge is -1.90. The van der Waals surface area contributed by atoms with Gasteiger partial charge < -0.3 is 5.11 Å². The van der Waals surface area contributed by atoms with E-state index < -0.39 is 5.43 Å². The standard InChI is InChI=1S/C6H10Cl2.CHClO2/c1-3-5-4(2)6(5,7)8;2-1(3)4/h4-5H,3H2,1-2H3;(H,3,4). The summed E-state index contributed by atoms with van der Waals surface area (Å²) in [4.78, 5) is 8.77. The molecule has 0 bridgehead atoms. The topological polar surface area (TPSA) is 37.3 Å². The number of carboxylic acid groups (broad SMARTS) is 1. The summed E-state index contributed by atoms with van der Waals surface area (Å²) in [6.45, 7) is 4.21. The van der Waals surface area contributed by atoms with Gasteiger partial charge in [-0.1, -0.05) is 20.3 Å². The molecule has 0 aliphatic heterocycles. The Hall–Kier alpha value is 0.340. The molecule has 1 N–H and O–H groups in total. The summed E-state index contributed by atoms with van der Waals surface area (Å²) >= 11 is 15.8. The molecule has 1 fully saturated rings. The maximum atomic E-state index is 8.77. The zero-order valence-corrected chi connectivity index (χ0v) is 9.12. The molecule has 72 valence electrons. The maximum Gasteiger partial charge on any atom is 0.401 e. The van der Waals surface area contributed by atoms with Crippen LogP contribution < -0.4 is 0 Å². The van der Waals surface area contributed by atoms with Crippen LogP contribution in [0.15, 0.2) is 0 Å². The Bertz CT molecular complexity index is 166. The van der Waals surface area contributed by atoms with Gasteiger partial charge in [0.15, 0.2) is 0 Å². The highest BCUT2D eigenvalue weighted by molar-refractivity contribution is 6.60. The van der Waals surface area contributed by atoms with Crippen molar-refractivity contribution in [2.75, 3.05) is 0 Å². The van der Waals surface area contributed by atoms with E-state index in [1.807, 2.05) is 0 Å². The number of carbonyl (C=O) groups is 1. The van der Waals surface area contributed by atoms with Crippen molar-refractivity contribution >= 4 is 40.2 Å². The van der Waals surface area contributed by atoms with Crippen molar-refractivity contribution in [1.29, 1.82) is 0 Å². The van der Waals surface area contributed by atoms with Crippen LogP contribution in [0.25, 0.3) is 0 Å². The van der Waals surface area contributed by atoms with Crippen molar-refractivity contribution in [2.45, 2.75) is 24.6 Å². The van der Waals surface area contributed by atoms with E-state index in [0.29, 0.717) is 11.8 Å². The summed E-state index contributed by atoms with van der Waals surface area (Å²) < 4.78 is -0.380. The quantitative estimate of drug-likeness (QED) is 0.553. The second-order valence-electron chi connectivity index (χ2n) is 2.73. The van der Waals surface area contributed by atoms with Crippen LogP contribution in [0.2, 0.25) is 0 Å². The van der Waals surface area contributed by atoms with E-state index in [1.54, 1.807) is 0 Å². The summed E-state index contributed by atoms with van der Waals surface area (Å²) in [5, 5.41) is 7.18. The lowest BCUT2D eigenvalue weighted by atomic mass is 10.3. The molecule has 0 aromatic carbocycles. The zero-order valence-electron chi connectivity index (χ0n) is 6.85. The number of alkyl halides is 2. The predicted molar refractivity (Wildman–Crippen MR) is 51.3 cm³/mol. The van der Waals surface area contributed by atoms with Crippen molar-refractivity contribution in [2.24, 2.45) is 11.8 Å². The van der Waals surface area contributed by atoms with Gasteiger partial charge in [-0.2, -0.15) is 0 Å². The molecule has 5 heteroatoms. The molecule has 0 saturated heterocycles. The summed E-state index contributed by atoms with van der Waals surface area (Å²) in [6, 6.07) is 0. The second kappa shape index (κ2) is 4.54. The van der Waals surface area contributed by atoms with Crippen molar-refractivity contribution < 1.29 is 9.90 Å². The fourth-order valence-electron chi connectivity index (χ4n) is 1.19. The lowest BCUT2D eigenvalue weighted by molar-refractivity contribution is 0.220. The third-order valence-electron chi connectivity index (χ3n) is 2.04. The van der Waals surface area contributed by atoms with E-state index >= 15 is 0 Å². The largest absolute Gasteiger partial charge is 0.469 e. The minimum Gasteiger partial charge on any atom is -0.469 e. The van der Waals surface area contributed by atoms with Crippen LogP contribution in [0.1, 0.15) is 20.3 Å². The fraction of sp³-hybridized carbons (Fsp3) is 0.857. The molecule has 0 aromatic heterocycles. The first-order chi connectivity index (χ1) is 5.34. The van der Waals surface area contributed by atoms with E-state index in [9.17, 15) is 0 Å². The molecule has 1 rings (SSSR count). The van der Waals surface area contributed by atoms with Gasteiger partial charge in [-0.05, 0) is 11.8 Å². The Morgan fingerprint density at radius 3 is 1.83 bits per heavy atom. The molecule has 0 aromatic rings. The van der Waals surface area contributed by atoms with E-state index in [0.717, 1.165) is 6.42 Å². The van der Waals surface area contributed by atoms with Crippen LogP contribution >= 0.6 is 34.8 Å². The van der Waals surface area contributed by atoms with Crippen molar-refractivity contribution in [1.82, 2.24) is 0 Å². The van der Waals surface area contributed by atoms with E-state index in [4.69, 9.17) is 33.1 Å².